The monoisotopic (exact) mass is 265 g/mol. The first-order chi connectivity index (χ1) is 7.88. The van der Waals surface area contributed by atoms with Crippen LogP contribution in [0.3, 0.4) is 0 Å². The summed E-state index contributed by atoms with van der Waals surface area (Å²) in [6, 6.07) is 0. The molecule has 8 heteroatoms. The minimum atomic E-state index is -4.85. The van der Waals surface area contributed by atoms with Crippen LogP contribution >= 0.6 is 0 Å². The van der Waals surface area contributed by atoms with Crippen molar-refractivity contribution < 1.29 is 17.0 Å². The van der Waals surface area contributed by atoms with Gasteiger partial charge in [-0.05, 0) is 6.92 Å². The van der Waals surface area contributed by atoms with Gasteiger partial charge in [-0.1, -0.05) is 17.7 Å². The van der Waals surface area contributed by atoms with Gasteiger partial charge in [0, 0.05) is 12.5 Å². The second-order valence-corrected chi connectivity index (χ2v) is 5.02. The molecule has 1 aromatic rings. The molecule has 0 unspecified atom stereocenters. The summed E-state index contributed by atoms with van der Waals surface area (Å²) in [6.45, 7) is 6.49. The molecule has 0 aliphatic heterocycles. The lowest BCUT2D eigenvalue weighted by Crippen LogP contribution is -2.14. The first-order valence-electron chi connectivity index (χ1n) is 5.33. The van der Waals surface area contributed by atoms with Crippen LogP contribution < -0.4 is 0 Å². The van der Waals surface area contributed by atoms with Crippen LogP contribution in [0.5, 0.6) is 0 Å². The first-order valence-corrected chi connectivity index (χ1v) is 6.71. The molecule has 0 aliphatic carbocycles. The van der Waals surface area contributed by atoms with Crippen molar-refractivity contribution in [3.63, 3.8) is 0 Å². The van der Waals surface area contributed by atoms with Crippen LogP contribution in [-0.4, -0.2) is 36.4 Å². The summed E-state index contributed by atoms with van der Waals surface area (Å²) in [5.41, 5.74) is 0. The Labute approximate surface area is 100 Å². The Hall–Kier alpha value is -1.02. The van der Waals surface area contributed by atoms with Crippen molar-refractivity contribution in [3.05, 3.63) is 5.82 Å². The molecule has 0 saturated carbocycles. The largest absolute Gasteiger partial charge is 0.380 e. The third-order valence-corrected chi connectivity index (χ3v) is 2.88. The van der Waals surface area contributed by atoms with E-state index in [1.165, 1.54) is 4.57 Å². The second kappa shape index (κ2) is 5.54. The van der Waals surface area contributed by atoms with Crippen LogP contribution in [0.2, 0.25) is 0 Å². The summed E-state index contributed by atoms with van der Waals surface area (Å²) in [5.74, 6) is 0.389. The Bertz CT molecular complexity index is 470. The van der Waals surface area contributed by atoms with Crippen LogP contribution in [-0.2, 0) is 21.5 Å². The normalized spacial score (nSPS) is 12.3. The van der Waals surface area contributed by atoms with Gasteiger partial charge < -0.3 is 4.74 Å². The number of ether oxygens (including phenoxy) is 1. The fourth-order valence-electron chi connectivity index (χ4n) is 1.42. The highest BCUT2D eigenvalue weighted by Gasteiger charge is 2.24. The van der Waals surface area contributed by atoms with Gasteiger partial charge in [0.05, 0.1) is 13.2 Å². The zero-order valence-corrected chi connectivity index (χ0v) is 10.9. The van der Waals surface area contributed by atoms with Crippen LogP contribution in [0.15, 0.2) is 5.16 Å². The van der Waals surface area contributed by atoms with Crippen molar-refractivity contribution >= 4 is 10.2 Å². The van der Waals surface area contributed by atoms with E-state index >= 15 is 0 Å². The molecule has 1 rings (SSSR count). The summed E-state index contributed by atoms with van der Waals surface area (Å²) >= 11 is 0. The van der Waals surface area contributed by atoms with Gasteiger partial charge in [-0.3, -0.25) is 4.57 Å². The predicted octanol–water partition coefficient (Wildman–Crippen LogP) is 1.10. The maximum atomic E-state index is 13.0. The van der Waals surface area contributed by atoms with Gasteiger partial charge in [0.1, 0.15) is 5.82 Å². The van der Waals surface area contributed by atoms with Crippen molar-refractivity contribution in [1.82, 2.24) is 14.8 Å². The Balaban J connectivity index is 3.07. The molecule has 17 heavy (non-hydrogen) atoms. The van der Waals surface area contributed by atoms with Gasteiger partial charge in [0.15, 0.2) is 0 Å². The molecule has 0 bridgehead atoms. The molecule has 0 saturated heterocycles. The van der Waals surface area contributed by atoms with Crippen LogP contribution in [0, 0.1) is 0 Å². The molecule has 0 atom stereocenters. The van der Waals surface area contributed by atoms with E-state index in [2.05, 4.69) is 10.2 Å². The molecule has 1 heterocycles. The summed E-state index contributed by atoms with van der Waals surface area (Å²) in [6.07, 6.45) is 0. The van der Waals surface area contributed by atoms with Crippen molar-refractivity contribution in [2.75, 3.05) is 13.2 Å². The van der Waals surface area contributed by atoms with E-state index in [9.17, 15) is 12.3 Å². The first kappa shape index (κ1) is 14.0. The highest BCUT2D eigenvalue weighted by molar-refractivity contribution is 7.86. The van der Waals surface area contributed by atoms with E-state index < -0.39 is 15.4 Å². The van der Waals surface area contributed by atoms with E-state index in [-0.39, 0.29) is 19.1 Å². The number of nitrogens with zero attached hydrogens (tertiary/aromatic N) is 3. The Morgan fingerprint density at radius 1 is 1.41 bits per heavy atom. The summed E-state index contributed by atoms with van der Waals surface area (Å²) in [4.78, 5) is 0. The standard InChI is InChI=1S/C9H16FN3O3S/c1-4-16-6-5-13-8(7(2)3)11-12-9(13)17(10,14)15/h7H,4-6H2,1-3H3. The Morgan fingerprint density at radius 3 is 2.53 bits per heavy atom. The van der Waals surface area contributed by atoms with Crippen molar-refractivity contribution in [3.8, 4) is 0 Å². The zero-order chi connectivity index (χ0) is 13.1. The van der Waals surface area contributed by atoms with Gasteiger partial charge in [0.2, 0.25) is 0 Å². The lowest BCUT2D eigenvalue weighted by atomic mass is 10.2. The lowest BCUT2D eigenvalue weighted by molar-refractivity contribution is 0.136. The fourth-order valence-corrected chi connectivity index (χ4v) is 2.00. The number of hydrogen-bond acceptors (Lipinski definition) is 5. The van der Waals surface area contributed by atoms with Gasteiger partial charge in [-0.25, -0.2) is 0 Å². The maximum absolute atomic E-state index is 13.0. The maximum Gasteiger partial charge on any atom is 0.368 e. The van der Waals surface area contributed by atoms with Crippen LogP contribution in [0.1, 0.15) is 32.5 Å². The summed E-state index contributed by atoms with van der Waals surface area (Å²) in [7, 11) is -4.85. The molecule has 0 aromatic carbocycles. The summed E-state index contributed by atoms with van der Waals surface area (Å²) in [5, 5.41) is 6.43. The minimum Gasteiger partial charge on any atom is -0.380 e. The predicted molar refractivity (Wildman–Crippen MR) is 58.9 cm³/mol. The number of aromatic nitrogens is 3. The van der Waals surface area contributed by atoms with E-state index in [0.717, 1.165) is 0 Å². The highest BCUT2D eigenvalue weighted by Crippen LogP contribution is 2.17. The van der Waals surface area contributed by atoms with E-state index in [1.807, 2.05) is 20.8 Å². The molecule has 0 spiro atoms. The van der Waals surface area contributed by atoms with Crippen molar-refractivity contribution in [1.29, 1.82) is 0 Å². The minimum absolute atomic E-state index is 0.0420. The molecular formula is C9H16FN3O3S. The topological polar surface area (TPSA) is 74.1 Å². The van der Waals surface area contributed by atoms with E-state index in [4.69, 9.17) is 4.74 Å². The zero-order valence-electron chi connectivity index (χ0n) is 10.1. The fraction of sp³-hybridized carbons (Fsp3) is 0.778. The van der Waals surface area contributed by atoms with Gasteiger partial charge >= 0.3 is 10.2 Å². The molecule has 98 valence electrons. The van der Waals surface area contributed by atoms with Gasteiger partial charge in [-0.2, -0.15) is 8.42 Å². The molecule has 0 fully saturated rings. The Morgan fingerprint density at radius 2 is 2.06 bits per heavy atom. The lowest BCUT2D eigenvalue weighted by Gasteiger charge is -2.10. The third-order valence-electron chi connectivity index (χ3n) is 2.14. The SMILES string of the molecule is CCOCCn1c(C(C)C)nnc1S(=O)(=O)F. The molecule has 0 N–H and O–H groups in total. The third kappa shape index (κ3) is 3.47. The Kier molecular flexibility index (Phi) is 4.58. The highest BCUT2D eigenvalue weighted by atomic mass is 32.3. The molecular weight excluding hydrogens is 249 g/mol. The van der Waals surface area contributed by atoms with Gasteiger partial charge in [-0.15, -0.1) is 10.2 Å². The summed E-state index contributed by atoms with van der Waals surface area (Å²) < 4.78 is 41.1. The van der Waals surface area contributed by atoms with Crippen molar-refractivity contribution in [2.24, 2.45) is 0 Å². The van der Waals surface area contributed by atoms with Gasteiger partial charge in [0.25, 0.3) is 5.16 Å². The van der Waals surface area contributed by atoms with Crippen LogP contribution in [0.4, 0.5) is 3.89 Å². The quantitative estimate of drug-likeness (QED) is 0.568. The average Bonchev–Trinajstić information content (AvgIpc) is 2.61. The second-order valence-electron chi connectivity index (χ2n) is 3.78. The molecule has 6 nitrogen and oxygen atoms in total. The van der Waals surface area contributed by atoms with E-state index in [0.29, 0.717) is 12.4 Å². The molecule has 0 amide bonds. The number of halogens is 1. The van der Waals surface area contributed by atoms with Crippen LogP contribution in [0.25, 0.3) is 0 Å². The number of rotatable bonds is 6. The average molecular weight is 265 g/mol. The van der Waals surface area contributed by atoms with E-state index in [1.54, 1.807) is 0 Å². The smallest absolute Gasteiger partial charge is 0.368 e. The number of hydrogen-bond donors (Lipinski definition) is 0. The van der Waals surface area contributed by atoms with Crippen molar-refractivity contribution in [2.45, 2.75) is 38.4 Å². The molecule has 1 aromatic heterocycles. The molecule has 0 aliphatic rings. The molecule has 0 radical (unpaired) electrons.